The van der Waals surface area contributed by atoms with Crippen LogP contribution in [0.2, 0.25) is 0 Å². The van der Waals surface area contributed by atoms with E-state index < -0.39 is 0 Å². The Morgan fingerprint density at radius 2 is 1.63 bits per heavy atom. The maximum atomic E-state index is 12.3. The molecule has 0 bridgehead atoms. The van der Waals surface area contributed by atoms with Crippen LogP contribution in [-0.2, 0) is 22.7 Å². The lowest BCUT2D eigenvalue weighted by Gasteiger charge is -2.33. The van der Waals surface area contributed by atoms with E-state index in [4.69, 9.17) is 14.2 Å². The van der Waals surface area contributed by atoms with Gasteiger partial charge in [-0.3, -0.25) is 4.79 Å². The number of carbonyl (C=O) groups excluding carboxylic acids is 1. The molecule has 1 aliphatic heterocycles. The molecule has 0 spiro atoms. The van der Waals surface area contributed by atoms with Crippen molar-refractivity contribution in [2.24, 2.45) is 0 Å². The molecule has 1 saturated heterocycles. The van der Waals surface area contributed by atoms with E-state index in [1.54, 1.807) is 7.11 Å². The van der Waals surface area contributed by atoms with Crippen molar-refractivity contribution in [3.05, 3.63) is 95.6 Å². The highest BCUT2D eigenvalue weighted by Crippen LogP contribution is 2.33. The Kier molecular flexibility index (Phi) is 6.30. The highest BCUT2D eigenvalue weighted by molar-refractivity contribution is 5.78. The fourth-order valence-corrected chi connectivity index (χ4v) is 3.52. The fourth-order valence-electron chi connectivity index (χ4n) is 3.52. The van der Waals surface area contributed by atoms with Gasteiger partial charge in [0.15, 0.2) is 11.5 Å². The molecule has 30 heavy (non-hydrogen) atoms. The highest BCUT2D eigenvalue weighted by Gasteiger charge is 2.28. The molecule has 5 nitrogen and oxygen atoms in total. The van der Waals surface area contributed by atoms with Crippen LogP contribution in [0.5, 0.6) is 11.5 Å². The first-order valence-corrected chi connectivity index (χ1v) is 10.0. The number of nitrogens with zero attached hydrogens (tertiary/aromatic N) is 1. The molecule has 1 atom stereocenters. The van der Waals surface area contributed by atoms with Crippen LogP contribution in [0.25, 0.3) is 0 Å². The van der Waals surface area contributed by atoms with Gasteiger partial charge in [0.25, 0.3) is 0 Å². The van der Waals surface area contributed by atoms with Crippen molar-refractivity contribution in [1.29, 1.82) is 0 Å². The summed E-state index contributed by atoms with van der Waals surface area (Å²) < 4.78 is 17.3. The molecule has 5 heteroatoms. The summed E-state index contributed by atoms with van der Waals surface area (Å²) in [7, 11) is 1.63. The number of rotatable bonds is 7. The molecule has 154 valence electrons. The van der Waals surface area contributed by atoms with Crippen molar-refractivity contribution in [3.63, 3.8) is 0 Å². The van der Waals surface area contributed by atoms with Crippen LogP contribution in [0.1, 0.15) is 22.8 Å². The van der Waals surface area contributed by atoms with Crippen molar-refractivity contribution >= 4 is 5.91 Å². The number of benzene rings is 3. The third-order valence-electron chi connectivity index (χ3n) is 5.16. The van der Waals surface area contributed by atoms with Gasteiger partial charge in [-0.05, 0) is 28.8 Å². The van der Waals surface area contributed by atoms with Gasteiger partial charge >= 0.3 is 0 Å². The molecule has 1 aliphatic rings. The van der Waals surface area contributed by atoms with Crippen molar-refractivity contribution in [2.75, 3.05) is 20.3 Å². The van der Waals surface area contributed by atoms with E-state index in [1.807, 2.05) is 83.8 Å². The number of hydrogen-bond acceptors (Lipinski definition) is 4. The largest absolute Gasteiger partial charge is 0.493 e. The Hall–Kier alpha value is -3.31. The number of hydrogen-bond donors (Lipinski definition) is 0. The van der Waals surface area contributed by atoms with Gasteiger partial charge in [0, 0.05) is 6.54 Å². The van der Waals surface area contributed by atoms with Crippen molar-refractivity contribution in [3.8, 4) is 11.5 Å². The maximum Gasteiger partial charge on any atom is 0.249 e. The van der Waals surface area contributed by atoms with Crippen LogP contribution in [-0.4, -0.2) is 31.1 Å². The van der Waals surface area contributed by atoms with Crippen LogP contribution in [0.15, 0.2) is 78.9 Å². The number of methoxy groups -OCH3 is 1. The summed E-state index contributed by atoms with van der Waals surface area (Å²) in [6.07, 6.45) is -0.205. The second-order valence-corrected chi connectivity index (χ2v) is 7.24. The predicted octanol–water partition coefficient (Wildman–Crippen LogP) is 4.37. The smallest absolute Gasteiger partial charge is 0.249 e. The molecule has 3 aromatic carbocycles. The zero-order valence-electron chi connectivity index (χ0n) is 17.0. The minimum atomic E-state index is -0.205. The van der Waals surface area contributed by atoms with Crippen LogP contribution in [0, 0.1) is 0 Å². The Balaban J connectivity index is 1.45. The molecule has 1 amide bonds. The monoisotopic (exact) mass is 403 g/mol. The summed E-state index contributed by atoms with van der Waals surface area (Å²) in [6, 6.07) is 25.8. The highest BCUT2D eigenvalue weighted by atomic mass is 16.5. The van der Waals surface area contributed by atoms with Gasteiger partial charge in [0.2, 0.25) is 5.91 Å². The molecule has 1 heterocycles. The molecule has 0 aromatic heterocycles. The minimum absolute atomic E-state index is 0.00452. The normalized spacial score (nSPS) is 16.4. The molecule has 3 aromatic rings. The maximum absolute atomic E-state index is 12.3. The first kappa shape index (κ1) is 20.0. The first-order valence-electron chi connectivity index (χ1n) is 10.0. The van der Waals surface area contributed by atoms with E-state index in [9.17, 15) is 4.79 Å². The topological polar surface area (TPSA) is 48.0 Å². The summed E-state index contributed by atoms with van der Waals surface area (Å²) in [4.78, 5) is 14.2. The van der Waals surface area contributed by atoms with Gasteiger partial charge < -0.3 is 19.1 Å². The zero-order valence-corrected chi connectivity index (χ0v) is 17.0. The van der Waals surface area contributed by atoms with Crippen molar-refractivity contribution < 1.29 is 19.0 Å². The predicted molar refractivity (Wildman–Crippen MR) is 114 cm³/mol. The van der Waals surface area contributed by atoms with Gasteiger partial charge in [-0.25, -0.2) is 0 Å². The average molecular weight is 403 g/mol. The molecule has 1 unspecified atom stereocenters. The van der Waals surface area contributed by atoms with Gasteiger partial charge in [-0.1, -0.05) is 66.7 Å². The van der Waals surface area contributed by atoms with Crippen LogP contribution < -0.4 is 9.47 Å². The number of carbonyl (C=O) groups is 1. The van der Waals surface area contributed by atoms with E-state index in [-0.39, 0.29) is 18.6 Å². The van der Waals surface area contributed by atoms with Gasteiger partial charge in [-0.2, -0.15) is 0 Å². The van der Waals surface area contributed by atoms with E-state index in [0.29, 0.717) is 31.2 Å². The van der Waals surface area contributed by atoms with Crippen molar-refractivity contribution in [1.82, 2.24) is 4.90 Å². The molecule has 0 saturated carbocycles. The molecule has 0 N–H and O–H groups in total. The second kappa shape index (κ2) is 9.46. The number of ether oxygens (including phenoxy) is 3. The Labute approximate surface area is 176 Å². The standard InChI is InChI=1S/C25H25NO4/c1-28-23-14-21(12-13-22(23)29-17-20-10-6-3-7-11-20)24-16-26(25(27)18-30-24)15-19-8-4-2-5-9-19/h2-14,24H,15-18H2,1H3. The summed E-state index contributed by atoms with van der Waals surface area (Å²) in [5.74, 6) is 1.33. The quantitative estimate of drug-likeness (QED) is 0.588. The van der Waals surface area contributed by atoms with Crippen LogP contribution in [0.3, 0.4) is 0 Å². The number of morpholine rings is 1. The Morgan fingerprint density at radius 3 is 2.33 bits per heavy atom. The average Bonchev–Trinajstić information content (AvgIpc) is 2.80. The van der Waals surface area contributed by atoms with Crippen LogP contribution in [0.4, 0.5) is 0 Å². The second-order valence-electron chi connectivity index (χ2n) is 7.24. The lowest BCUT2D eigenvalue weighted by molar-refractivity contribution is -0.150. The molecule has 4 rings (SSSR count). The van der Waals surface area contributed by atoms with E-state index in [1.165, 1.54) is 0 Å². The lowest BCUT2D eigenvalue weighted by atomic mass is 10.1. The van der Waals surface area contributed by atoms with E-state index >= 15 is 0 Å². The summed E-state index contributed by atoms with van der Waals surface area (Å²) >= 11 is 0. The summed E-state index contributed by atoms with van der Waals surface area (Å²) in [5.41, 5.74) is 3.16. The summed E-state index contributed by atoms with van der Waals surface area (Å²) in [5, 5.41) is 0. The molecule has 0 radical (unpaired) electrons. The third kappa shape index (κ3) is 4.81. The Morgan fingerprint density at radius 1 is 0.933 bits per heavy atom. The van der Waals surface area contributed by atoms with E-state index in [0.717, 1.165) is 16.7 Å². The van der Waals surface area contributed by atoms with Crippen LogP contribution >= 0.6 is 0 Å². The third-order valence-corrected chi connectivity index (χ3v) is 5.16. The minimum Gasteiger partial charge on any atom is -0.493 e. The zero-order chi connectivity index (χ0) is 20.8. The first-order chi connectivity index (χ1) is 14.7. The van der Waals surface area contributed by atoms with Gasteiger partial charge in [-0.15, -0.1) is 0 Å². The molecular formula is C25H25NO4. The lowest BCUT2D eigenvalue weighted by Crippen LogP contribution is -2.42. The number of amides is 1. The fraction of sp³-hybridized carbons (Fsp3) is 0.240. The van der Waals surface area contributed by atoms with Gasteiger partial charge in [0.05, 0.1) is 13.7 Å². The van der Waals surface area contributed by atoms with Crippen molar-refractivity contribution in [2.45, 2.75) is 19.3 Å². The SMILES string of the molecule is COc1cc(C2CN(Cc3ccccc3)C(=O)CO2)ccc1OCc1ccccc1. The molecule has 0 aliphatic carbocycles. The van der Waals surface area contributed by atoms with Gasteiger partial charge in [0.1, 0.15) is 19.3 Å². The van der Waals surface area contributed by atoms with E-state index in [2.05, 4.69) is 0 Å². The summed E-state index contributed by atoms with van der Waals surface area (Å²) in [6.45, 7) is 1.62. The molecule has 1 fully saturated rings. The molecular weight excluding hydrogens is 378 g/mol. The Bertz CT molecular complexity index is 975.